The second kappa shape index (κ2) is 11.1. The second-order valence-electron chi connectivity index (χ2n) is 7.10. The molecule has 154 valence electrons. The molecule has 0 aliphatic carbocycles. The zero-order chi connectivity index (χ0) is 19.1. The van der Waals surface area contributed by atoms with E-state index in [1.165, 1.54) is 12.0 Å². The maximum absolute atomic E-state index is 12.0. The van der Waals surface area contributed by atoms with Crippen molar-refractivity contribution in [3.63, 3.8) is 0 Å². The Balaban J connectivity index is 0.00000280. The van der Waals surface area contributed by atoms with Crippen LogP contribution in [-0.4, -0.2) is 35.6 Å². The lowest BCUT2D eigenvalue weighted by molar-refractivity contribution is -0.130. The van der Waals surface area contributed by atoms with Crippen LogP contribution < -0.4 is 10.1 Å². The van der Waals surface area contributed by atoms with Gasteiger partial charge in [0.1, 0.15) is 18.1 Å². The number of amides is 1. The lowest BCUT2D eigenvalue weighted by Gasteiger charge is -2.20. The third-order valence-electron chi connectivity index (χ3n) is 5.05. The molecule has 0 saturated carbocycles. The van der Waals surface area contributed by atoms with Crippen molar-refractivity contribution in [1.82, 2.24) is 15.4 Å². The topological polar surface area (TPSA) is 67.6 Å². The molecule has 1 aliphatic rings. The van der Waals surface area contributed by atoms with Crippen LogP contribution in [0.1, 0.15) is 48.3 Å². The largest absolute Gasteiger partial charge is 0.489 e. The summed E-state index contributed by atoms with van der Waals surface area (Å²) in [7, 11) is 0. The van der Waals surface area contributed by atoms with E-state index in [0.717, 1.165) is 61.8 Å². The van der Waals surface area contributed by atoms with Crippen molar-refractivity contribution >= 4 is 18.3 Å². The molecule has 6 nitrogen and oxygen atoms in total. The molecule has 0 unspecified atom stereocenters. The molecule has 1 aromatic heterocycles. The quantitative estimate of drug-likeness (QED) is 0.674. The van der Waals surface area contributed by atoms with Gasteiger partial charge in [0, 0.05) is 32.6 Å². The number of aryl methyl sites for hydroxylation is 2. The second-order valence-corrected chi connectivity index (χ2v) is 7.10. The first-order valence-corrected chi connectivity index (χ1v) is 9.75. The van der Waals surface area contributed by atoms with Gasteiger partial charge in [-0.3, -0.25) is 4.79 Å². The molecule has 3 rings (SSSR count). The van der Waals surface area contributed by atoms with Gasteiger partial charge in [-0.2, -0.15) is 0 Å². The smallest absolute Gasteiger partial charge is 0.222 e. The van der Waals surface area contributed by atoms with Gasteiger partial charge in [-0.25, -0.2) is 0 Å². The first-order valence-electron chi connectivity index (χ1n) is 9.75. The SMILES string of the molecule is Cc1noc(C)c1COc1ccc(CNCCN2CCCCCC2=O)cc1.Cl. The van der Waals surface area contributed by atoms with E-state index < -0.39 is 0 Å². The molecule has 7 heteroatoms. The molecule has 1 fully saturated rings. The number of halogens is 1. The van der Waals surface area contributed by atoms with E-state index in [1.807, 2.05) is 30.9 Å². The van der Waals surface area contributed by atoms with Crippen LogP contribution in [-0.2, 0) is 17.9 Å². The normalized spacial score (nSPS) is 14.5. The summed E-state index contributed by atoms with van der Waals surface area (Å²) in [6, 6.07) is 8.08. The molecule has 2 heterocycles. The van der Waals surface area contributed by atoms with Crippen LogP contribution in [0.15, 0.2) is 28.8 Å². The summed E-state index contributed by atoms with van der Waals surface area (Å²) in [6.07, 6.45) is 4.03. The summed E-state index contributed by atoms with van der Waals surface area (Å²) in [5, 5.41) is 7.36. The minimum absolute atomic E-state index is 0. The number of carbonyl (C=O) groups is 1. The Morgan fingerprint density at radius 1 is 1.18 bits per heavy atom. The molecule has 1 saturated heterocycles. The summed E-state index contributed by atoms with van der Waals surface area (Å²) in [4.78, 5) is 14.0. The van der Waals surface area contributed by atoms with Crippen LogP contribution in [0.4, 0.5) is 0 Å². The highest BCUT2D eigenvalue weighted by Gasteiger charge is 2.15. The Bertz CT molecular complexity index is 726. The van der Waals surface area contributed by atoms with Gasteiger partial charge in [0.2, 0.25) is 5.91 Å². The molecule has 28 heavy (non-hydrogen) atoms. The first kappa shape index (κ1) is 22.2. The molecule has 1 amide bonds. The minimum atomic E-state index is 0. The number of hydrogen-bond acceptors (Lipinski definition) is 5. The van der Waals surface area contributed by atoms with Gasteiger partial charge in [-0.05, 0) is 44.4 Å². The van der Waals surface area contributed by atoms with E-state index in [1.54, 1.807) is 0 Å². The Morgan fingerprint density at radius 3 is 2.68 bits per heavy atom. The molecule has 1 aromatic carbocycles. The van der Waals surface area contributed by atoms with Gasteiger partial charge in [0.15, 0.2) is 0 Å². The molecule has 1 N–H and O–H groups in total. The Hall–Kier alpha value is -2.05. The van der Waals surface area contributed by atoms with E-state index in [9.17, 15) is 4.79 Å². The number of ether oxygens (including phenoxy) is 1. The van der Waals surface area contributed by atoms with E-state index in [2.05, 4.69) is 22.6 Å². The fraction of sp³-hybridized carbons (Fsp3) is 0.524. The van der Waals surface area contributed by atoms with Crippen molar-refractivity contribution in [2.75, 3.05) is 19.6 Å². The zero-order valence-electron chi connectivity index (χ0n) is 16.7. The predicted octanol–water partition coefficient (Wildman–Crippen LogP) is 3.78. The standard InChI is InChI=1S/C21H29N3O3.ClH/c1-16-20(17(2)27-23-16)15-26-19-9-7-18(8-10-19)14-22-11-13-24-12-5-3-4-6-21(24)25;/h7-10,22H,3-6,11-15H2,1-2H3;1H. The van der Waals surface area contributed by atoms with Crippen LogP contribution in [0.5, 0.6) is 5.75 Å². The fourth-order valence-corrected chi connectivity index (χ4v) is 3.29. The summed E-state index contributed by atoms with van der Waals surface area (Å²) in [5.41, 5.74) is 3.07. The number of nitrogens with one attached hydrogen (secondary N) is 1. The third-order valence-corrected chi connectivity index (χ3v) is 5.05. The number of aromatic nitrogens is 1. The van der Waals surface area contributed by atoms with Crippen molar-refractivity contribution in [2.45, 2.75) is 52.7 Å². The highest BCUT2D eigenvalue weighted by Crippen LogP contribution is 2.18. The average Bonchev–Trinajstić information content (AvgIpc) is 2.86. The van der Waals surface area contributed by atoms with Gasteiger partial charge >= 0.3 is 0 Å². The number of hydrogen-bond donors (Lipinski definition) is 1. The summed E-state index contributed by atoms with van der Waals surface area (Å²) < 4.78 is 11.0. The summed E-state index contributed by atoms with van der Waals surface area (Å²) >= 11 is 0. The van der Waals surface area contributed by atoms with E-state index in [-0.39, 0.29) is 12.4 Å². The molecule has 0 bridgehead atoms. The predicted molar refractivity (Wildman–Crippen MR) is 111 cm³/mol. The number of carbonyl (C=O) groups excluding carboxylic acids is 1. The number of nitrogens with zero attached hydrogens (tertiary/aromatic N) is 2. The van der Waals surface area contributed by atoms with Gasteiger partial charge in [0.05, 0.1) is 11.3 Å². The van der Waals surface area contributed by atoms with Crippen molar-refractivity contribution in [3.8, 4) is 5.75 Å². The van der Waals surface area contributed by atoms with Gasteiger partial charge in [0.25, 0.3) is 0 Å². The molecule has 2 aromatic rings. The Kier molecular flexibility index (Phi) is 8.80. The van der Waals surface area contributed by atoms with E-state index >= 15 is 0 Å². The number of rotatable bonds is 8. The lowest BCUT2D eigenvalue weighted by Crippen LogP contribution is -2.36. The highest BCUT2D eigenvalue weighted by atomic mass is 35.5. The minimum Gasteiger partial charge on any atom is -0.489 e. The molecular formula is C21H30ClN3O3. The van der Waals surface area contributed by atoms with Crippen molar-refractivity contribution in [1.29, 1.82) is 0 Å². The van der Waals surface area contributed by atoms with Crippen LogP contribution in [0, 0.1) is 13.8 Å². The summed E-state index contributed by atoms with van der Waals surface area (Å²) in [5.74, 6) is 1.93. The third kappa shape index (κ3) is 6.24. The first-order chi connectivity index (χ1) is 13.1. The lowest BCUT2D eigenvalue weighted by atomic mass is 10.2. The Labute approximate surface area is 173 Å². The monoisotopic (exact) mass is 407 g/mol. The maximum Gasteiger partial charge on any atom is 0.222 e. The van der Waals surface area contributed by atoms with Gasteiger partial charge in [-0.15, -0.1) is 12.4 Å². The van der Waals surface area contributed by atoms with E-state index in [4.69, 9.17) is 9.26 Å². The zero-order valence-corrected chi connectivity index (χ0v) is 17.5. The van der Waals surface area contributed by atoms with Crippen molar-refractivity contribution < 1.29 is 14.1 Å². The van der Waals surface area contributed by atoms with Crippen LogP contribution in [0.2, 0.25) is 0 Å². The Morgan fingerprint density at radius 2 is 1.96 bits per heavy atom. The van der Waals surface area contributed by atoms with Crippen LogP contribution in [0.3, 0.4) is 0 Å². The highest BCUT2D eigenvalue weighted by molar-refractivity contribution is 5.85. The fourth-order valence-electron chi connectivity index (χ4n) is 3.29. The molecular weight excluding hydrogens is 378 g/mol. The average molecular weight is 408 g/mol. The molecule has 0 radical (unpaired) electrons. The van der Waals surface area contributed by atoms with Gasteiger partial charge in [-0.1, -0.05) is 23.7 Å². The van der Waals surface area contributed by atoms with Gasteiger partial charge < -0.3 is 19.5 Å². The molecule has 0 atom stereocenters. The van der Waals surface area contributed by atoms with Crippen LogP contribution in [0.25, 0.3) is 0 Å². The summed E-state index contributed by atoms with van der Waals surface area (Å²) in [6.45, 7) is 7.57. The number of likely N-dealkylation sites (tertiary alicyclic amines) is 1. The number of benzene rings is 1. The maximum atomic E-state index is 12.0. The van der Waals surface area contributed by atoms with Crippen molar-refractivity contribution in [2.24, 2.45) is 0 Å². The van der Waals surface area contributed by atoms with E-state index in [0.29, 0.717) is 18.9 Å². The van der Waals surface area contributed by atoms with Crippen molar-refractivity contribution in [3.05, 3.63) is 46.8 Å². The van der Waals surface area contributed by atoms with Crippen LogP contribution >= 0.6 is 12.4 Å². The molecule has 1 aliphatic heterocycles. The molecule has 0 spiro atoms.